The SMILES string of the molecule is O=C(Cc1ccc(Br)s1)C(C(F)(F)F)C(F)(F)F. The summed E-state index contributed by atoms with van der Waals surface area (Å²) >= 11 is 3.92. The molecule has 0 aliphatic rings. The van der Waals surface area contributed by atoms with Crippen molar-refractivity contribution >= 4 is 33.0 Å². The molecule has 18 heavy (non-hydrogen) atoms. The summed E-state index contributed by atoms with van der Waals surface area (Å²) in [7, 11) is 0. The summed E-state index contributed by atoms with van der Waals surface area (Å²) in [5, 5.41) is 0. The van der Waals surface area contributed by atoms with E-state index in [1.807, 2.05) is 0 Å². The average Bonchev–Trinajstić information content (AvgIpc) is 2.44. The molecule has 0 aliphatic heterocycles. The fourth-order valence-electron chi connectivity index (χ4n) is 1.27. The number of carbonyl (C=O) groups is 1. The number of ketones is 1. The lowest BCUT2D eigenvalue weighted by Crippen LogP contribution is -2.43. The molecule has 1 aromatic heterocycles. The molecule has 1 nitrogen and oxygen atoms in total. The molecule has 0 atom stereocenters. The highest BCUT2D eigenvalue weighted by molar-refractivity contribution is 9.11. The molecule has 0 bridgehead atoms. The zero-order chi connectivity index (χ0) is 14.1. The maximum atomic E-state index is 12.2. The lowest BCUT2D eigenvalue weighted by molar-refractivity contribution is -0.273. The maximum Gasteiger partial charge on any atom is 0.407 e. The third-order valence-electron chi connectivity index (χ3n) is 1.95. The second-order valence-corrected chi connectivity index (χ2v) is 5.91. The zero-order valence-electron chi connectivity index (χ0n) is 8.40. The Morgan fingerprint density at radius 3 is 2.00 bits per heavy atom. The molecule has 0 N–H and O–H groups in total. The lowest BCUT2D eigenvalue weighted by atomic mass is 10.00. The van der Waals surface area contributed by atoms with Crippen molar-refractivity contribution in [1.29, 1.82) is 0 Å². The molecule has 0 unspecified atom stereocenters. The van der Waals surface area contributed by atoms with E-state index in [2.05, 4.69) is 15.9 Å². The lowest BCUT2D eigenvalue weighted by Gasteiger charge is -2.21. The minimum atomic E-state index is -5.62. The van der Waals surface area contributed by atoms with Crippen LogP contribution in [0.2, 0.25) is 0 Å². The van der Waals surface area contributed by atoms with E-state index in [0.717, 1.165) is 11.3 Å². The van der Waals surface area contributed by atoms with Crippen LogP contribution in [0, 0.1) is 5.92 Å². The Kier molecular flexibility index (Phi) is 4.47. The normalized spacial score (nSPS) is 13.1. The molecule has 9 heteroatoms. The molecule has 0 aromatic carbocycles. The van der Waals surface area contributed by atoms with Crippen molar-refractivity contribution in [3.8, 4) is 0 Å². The van der Waals surface area contributed by atoms with E-state index in [1.54, 1.807) is 0 Å². The number of carbonyl (C=O) groups excluding carboxylic acids is 1. The number of alkyl halides is 6. The van der Waals surface area contributed by atoms with Crippen LogP contribution in [0.1, 0.15) is 4.88 Å². The Hall–Kier alpha value is -0.570. The van der Waals surface area contributed by atoms with Gasteiger partial charge in [-0.05, 0) is 28.1 Å². The van der Waals surface area contributed by atoms with Crippen molar-refractivity contribution in [2.24, 2.45) is 5.92 Å². The van der Waals surface area contributed by atoms with Gasteiger partial charge in [-0.3, -0.25) is 4.79 Å². The largest absolute Gasteiger partial charge is 0.407 e. The molecular formula is C9H5BrF6OS. The van der Waals surface area contributed by atoms with E-state index in [1.165, 1.54) is 12.1 Å². The van der Waals surface area contributed by atoms with Gasteiger partial charge in [0, 0.05) is 11.3 Å². The van der Waals surface area contributed by atoms with Gasteiger partial charge >= 0.3 is 12.4 Å². The van der Waals surface area contributed by atoms with Gasteiger partial charge in [-0.25, -0.2) is 0 Å². The number of hydrogen-bond acceptors (Lipinski definition) is 2. The van der Waals surface area contributed by atoms with Crippen LogP contribution in [-0.2, 0) is 11.2 Å². The molecule has 0 amide bonds. The Labute approximate surface area is 110 Å². The summed E-state index contributed by atoms with van der Waals surface area (Å²) < 4.78 is 73.9. The fourth-order valence-corrected chi connectivity index (χ4v) is 2.76. The topological polar surface area (TPSA) is 17.1 Å². The molecule has 0 saturated heterocycles. The van der Waals surface area contributed by atoms with Crippen LogP contribution in [0.15, 0.2) is 15.9 Å². The second-order valence-electron chi connectivity index (χ2n) is 3.37. The Balaban J connectivity index is 2.91. The van der Waals surface area contributed by atoms with Gasteiger partial charge in [-0.15, -0.1) is 11.3 Å². The Bertz CT molecular complexity index is 421. The van der Waals surface area contributed by atoms with Crippen LogP contribution < -0.4 is 0 Å². The predicted octanol–water partition coefficient (Wildman–Crippen LogP) is 4.36. The minimum absolute atomic E-state index is 0.144. The van der Waals surface area contributed by atoms with Crippen molar-refractivity contribution < 1.29 is 31.1 Å². The van der Waals surface area contributed by atoms with Gasteiger partial charge in [0.05, 0.1) is 3.79 Å². The summed E-state index contributed by atoms with van der Waals surface area (Å²) in [4.78, 5) is 11.3. The third-order valence-corrected chi connectivity index (χ3v) is 3.58. The van der Waals surface area contributed by atoms with Crippen molar-refractivity contribution in [3.05, 3.63) is 20.8 Å². The monoisotopic (exact) mass is 354 g/mol. The van der Waals surface area contributed by atoms with Crippen molar-refractivity contribution in [1.82, 2.24) is 0 Å². The number of hydrogen-bond donors (Lipinski definition) is 0. The molecule has 0 fully saturated rings. The average molecular weight is 355 g/mol. The summed E-state index contributed by atoms with van der Waals surface area (Å²) in [6.45, 7) is 0. The number of halogens is 7. The summed E-state index contributed by atoms with van der Waals surface area (Å²) in [6.07, 6.45) is -12.1. The summed E-state index contributed by atoms with van der Waals surface area (Å²) in [5.41, 5.74) is 0. The molecule has 1 heterocycles. The first kappa shape index (κ1) is 15.5. The van der Waals surface area contributed by atoms with Crippen molar-refractivity contribution in [2.45, 2.75) is 18.8 Å². The zero-order valence-corrected chi connectivity index (χ0v) is 10.8. The van der Waals surface area contributed by atoms with E-state index in [9.17, 15) is 31.1 Å². The molecule has 1 rings (SSSR count). The van der Waals surface area contributed by atoms with Crippen LogP contribution in [0.5, 0.6) is 0 Å². The Morgan fingerprint density at radius 1 is 1.17 bits per heavy atom. The smallest absolute Gasteiger partial charge is 0.298 e. The minimum Gasteiger partial charge on any atom is -0.298 e. The molecule has 0 saturated carbocycles. The van der Waals surface area contributed by atoms with Crippen molar-refractivity contribution in [2.75, 3.05) is 0 Å². The quantitative estimate of drug-likeness (QED) is 0.737. The molecule has 0 spiro atoms. The highest BCUT2D eigenvalue weighted by Crippen LogP contribution is 2.40. The second kappa shape index (κ2) is 5.20. The molecule has 1 aromatic rings. The van der Waals surface area contributed by atoms with E-state index in [0.29, 0.717) is 3.79 Å². The van der Waals surface area contributed by atoms with Gasteiger partial charge in [0.25, 0.3) is 0 Å². The first-order valence-electron chi connectivity index (χ1n) is 4.42. The third kappa shape index (κ3) is 3.98. The van der Waals surface area contributed by atoms with E-state index >= 15 is 0 Å². The van der Waals surface area contributed by atoms with E-state index in [4.69, 9.17) is 0 Å². The van der Waals surface area contributed by atoms with Crippen molar-refractivity contribution in [3.63, 3.8) is 0 Å². The molecule has 0 radical (unpaired) electrons. The van der Waals surface area contributed by atoms with Crippen LogP contribution in [0.3, 0.4) is 0 Å². The maximum absolute atomic E-state index is 12.2. The number of Topliss-reactive ketones (excluding diaryl/α,β-unsaturated/α-hetero) is 1. The predicted molar refractivity (Wildman–Crippen MR) is 56.3 cm³/mol. The van der Waals surface area contributed by atoms with E-state index in [-0.39, 0.29) is 4.88 Å². The van der Waals surface area contributed by atoms with Gasteiger partial charge in [0.15, 0.2) is 5.78 Å². The summed E-state index contributed by atoms with van der Waals surface area (Å²) in [6, 6.07) is 2.75. The molecular weight excluding hydrogens is 350 g/mol. The fraction of sp³-hybridized carbons (Fsp3) is 0.444. The Morgan fingerprint density at radius 2 is 1.67 bits per heavy atom. The van der Waals surface area contributed by atoms with Gasteiger partial charge in [-0.1, -0.05) is 0 Å². The number of rotatable bonds is 3. The summed E-state index contributed by atoms with van der Waals surface area (Å²) in [5.74, 6) is -5.82. The standard InChI is InChI=1S/C9H5BrF6OS/c10-6-2-1-4(18-6)3-5(17)7(8(11,12)13)9(14,15)16/h1-2,7H,3H2. The van der Waals surface area contributed by atoms with Crippen LogP contribution >= 0.6 is 27.3 Å². The van der Waals surface area contributed by atoms with Crippen LogP contribution in [0.4, 0.5) is 26.3 Å². The van der Waals surface area contributed by atoms with Gasteiger partial charge in [-0.2, -0.15) is 26.3 Å². The first-order valence-corrected chi connectivity index (χ1v) is 6.03. The van der Waals surface area contributed by atoms with Crippen LogP contribution in [0.25, 0.3) is 0 Å². The molecule has 102 valence electrons. The highest BCUT2D eigenvalue weighted by atomic mass is 79.9. The van der Waals surface area contributed by atoms with Crippen LogP contribution in [-0.4, -0.2) is 18.1 Å². The van der Waals surface area contributed by atoms with E-state index < -0.39 is 30.5 Å². The van der Waals surface area contributed by atoms with Gasteiger partial charge < -0.3 is 0 Å². The molecule has 0 aliphatic carbocycles. The first-order chi connectivity index (χ1) is 8.01. The highest BCUT2D eigenvalue weighted by Gasteiger charge is 2.60. The van der Waals surface area contributed by atoms with Gasteiger partial charge in [0.1, 0.15) is 0 Å². The van der Waals surface area contributed by atoms with Gasteiger partial charge in [0.2, 0.25) is 5.92 Å². The number of thiophene rings is 1.